The Bertz CT molecular complexity index is 185. The second kappa shape index (κ2) is 2.94. The highest BCUT2D eigenvalue weighted by molar-refractivity contribution is 5.71. The largest absolute Gasteiger partial charge is 0.444 e. The molecule has 1 N–H and O–H groups in total. The maximum atomic E-state index is 11.2. The molecule has 4 heteroatoms. The van der Waals surface area contributed by atoms with Crippen LogP contribution in [0.25, 0.3) is 0 Å². The van der Waals surface area contributed by atoms with Gasteiger partial charge < -0.3 is 9.84 Å². The lowest BCUT2D eigenvalue weighted by Gasteiger charge is -2.19. The second-order valence-electron chi connectivity index (χ2n) is 3.97. The zero-order valence-electron chi connectivity index (χ0n) is 7.70. The van der Waals surface area contributed by atoms with E-state index in [1.54, 1.807) is 0 Å². The van der Waals surface area contributed by atoms with Crippen molar-refractivity contribution in [1.29, 1.82) is 0 Å². The molecule has 0 saturated carbocycles. The Hall–Kier alpha value is -0.770. The van der Waals surface area contributed by atoms with Crippen molar-refractivity contribution in [3.8, 4) is 0 Å². The van der Waals surface area contributed by atoms with Crippen LogP contribution in [0.15, 0.2) is 0 Å². The Morgan fingerprint density at radius 3 is 2.58 bits per heavy atom. The van der Waals surface area contributed by atoms with Gasteiger partial charge in [0.1, 0.15) is 5.60 Å². The molecular weight excluding hydrogens is 158 g/mol. The first-order valence-corrected chi connectivity index (χ1v) is 4.04. The van der Waals surface area contributed by atoms with Gasteiger partial charge in [0.15, 0.2) is 0 Å². The number of hydrogen-bond donors (Lipinski definition) is 1. The lowest BCUT2D eigenvalue weighted by molar-refractivity contribution is 0.0395. The van der Waals surface area contributed by atoms with Crippen molar-refractivity contribution >= 4 is 6.09 Å². The van der Waals surface area contributed by atoms with Crippen molar-refractivity contribution in [2.75, 3.05) is 13.2 Å². The van der Waals surface area contributed by atoms with Crippen molar-refractivity contribution < 1.29 is 14.6 Å². The van der Waals surface area contributed by atoms with Crippen molar-refractivity contribution in [2.24, 2.45) is 0 Å². The first-order valence-electron chi connectivity index (χ1n) is 4.04. The lowest BCUT2D eigenvalue weighted by Crippen LogP contribution is -2.28. The van der Waals surface area contributed by atoms with Gasteiger partial charge >= 0.3 is 6.09 Å². The predicted octanol–water partition coefficient (Wildman–Crippen LogP) is 0.598. The van der Waals surface area contributed by atoms with Crippen LogP contribution >= 0.6 is 0 Å². The fraction of sp³-hybridized carbons (Fsp3) is 0.875. The van der Waals surface area contributed by atoms with Crippen LogP contribution in [-0.4, -0.2) is 40.9 Å². The molecule has 1 aliphatic rings. The van der Waals surface area contributed by atoms with Gasteiger partial charge in [0.05, 0.1) is 12.6 Å². The van der Waals surface area contributed by atoms with Gasteiger partial charge in [0.25, 0.3) is 0 Å². The normalized spacial score (nSPS) is 22.3. The summed E-state index contributed by atoms with van der Waals surface area (Å²) in [5.41, 5.74) is -0.445. The third-order valence-corrected chi connectivity index (χ3v) is 1.55. The highest BCUT2D eigenvalue weighted by Gasteiger charge is 2.40. The van der Waals surface area contributed by atoms with Crippen molar-refractivity contribution in [2.45, 2.75) is 32.4 Å². The van der Waals surface area contributed by atoms with Gasteiger partial charge in [0.2, 0.25) is 0 Å². The highest BCUT2D eigenvalue weighted by Crippen LogP contribution is 2.20. The summed E-state index contributed by atoms with van der Waals surface area (Å²) in [6.07, 6.45) is -0.332. The number of ether oxygens (including phenoxy) is 1. The molecule has 1 amide bonds. The molecule has 70 valence electrons. The number of amides is 1. The molecule has 0 aromatic carbocycles. The van der Waals surface area contributed by atoms with E-state index >= 15 is 0 Å². The van der Waals surface area contributed by atoms with Crippen LogP contribution in [0.3, 0.4) is 0 Å². The minimum absolute atomic E-state index is 0.0140. The van der Waals surface area contributed by atoms with Crippen LogP contribution in [-0.2, 0) is 4.74 Å². The van der Waals surface area contributed by atoms with Gasteiger partial charge in [-0.15, -0.1) is 0 Å². The number of nitrogens with zero attached hydrogens (tertiary/aromatic N) is 1. The van der Waals surface area contributed by atoms with Gasteiger partial charge in [-0.2, -0.15) is 0 Å². The van der Waals surface area contributed by atoms with Crippen molar-refractivity contribution in [1.82, 2.24) is 4.90 Å². The minimum atomic E-state index is -0.445. The second-order valence-corrected chi connectivity index (χ2v) is 3.97. The summed E-state index contributed by atoms with van der Waals surface area (Å²) in [4.78, 5) is 12.7. The molecule has 4 nitrogen and oxygen atoms in total. The molecule has 0 radical (unpaired) electrons. The number of carbonyl (C=O) groups excluding carboxylic acids is 1. The fourth-order valence-electron chi connectivity index (χ4n) is 0.880. The maximum absolute atomic E-state index is 11.2. The average Bonchev–Trinajstić information content (AvgIpc) is 2.60. The van der Waals surface area contributed by atoms with Gasteiger partial charge in [0, 0.05) is 6.54 Å². The van der Waals surface area contributed by atoms with Gasteiger partial charge in [-0.3, -0.25) is 4.90 Å². The molecule has 1 aliphatic heterocycles. The van der Waals surface area contributed by atoms with Crippen LogP contribution in [0.2, 0.25) is 0 Å². The van der Waals surface area contributed by atoms with Crippen molar-refractivity contribution in [3.63, 3.8) is 0 Å². The van der Waals surface area contributed by atoms with Gasteiger partial charge in [-0.25, -0.2) is 4.79 Å². The van der Waals surface area contributed by atoms with Crippen LogP contribution in [0, 0.1) is 0 Å². The summed E-state index contributed by atoms with van der Waals surface area (Å²) in [7, 11) is 0. The topological polar surface area (TPSA) is 49.5 Å². The van der Waals surface area contributed by atoms with E-state index in [0.29, 0.717) is 6.54 Å². The monoisotopic (exact) mass is 173 g/mol. The summed E-state index contributed by atoms with van der Waals surface area (Å²) < 4.78 is 5.07. The molecule has 12 heavy (non-hydrogen) atoms. The van der Waals surface area contributed by atoms with Gasteiger partial charge in [-0.1, -0.05) is 0 Å². The van der Waals surface area contributed by atoms with E-state index in [9.17, 15) is 4.79 Å². The Kier molecular flexibility index (Phi) is 2.28. The van der Waals surface area contributed by atoms with E-state index in [1.165, 1.54) is 4.90 Å². The van der Waals surface area contributed by atoms with Crippen molar-refractivity contribution in [3.05, 3.63) is 0 Å². The Morgan fingerprint density at radius 1 is 1.67 bits per heavy atom. The Morgan fingerprint density at radius 2 is 2.25 bits per heavy atom. The molecule has 0 unspecified atom stereocenters. The third-order valence-electron chi connectivity index (χ3n) is 1.55. The number of carbonyl (C=O) groups is 1. The quantitative estimate of drug-likeness (QED) is 0.591. The molecule has 0 spiro atoms. The fourth-order valence-corrected chi connectivity index (χ4v) is 0.880. The predicted molar refractivity (Wildman–Crippen MR) is 43.8 cm³/mol. The van der Waals surface area contributed by atoms with E-state index in [4.69, 9.17) is 9.84 Å². The van der Waals surface area contributed by atoms with Crippen LogP contribution in [0.4, 0.5) is 4.79 Å². The zero-order chi connectivity index (χ0) is 9.35. The zero-order valence-corrected chi connectivity index (χ0v) is 7.70. The van der Waals surface area contributed by atoms with E-state index in [0.717, 1.165) is 0 Å². The van der Waals surface area contributed by atoms with Crippen LogP contribution < -0.4 is 0 Å². The molecule has 0 aliphatic carbocycles. The van der Waals surface area contributed by atoms with Gasteiger partial charge in [-0.05, 0) is 20.8 Å². The smallest absolute Gasteiger partial charge is 0.410 e. The Balaban J connectivity index is 2.32. The summed E-state index contributed by atoms with van der Waals surface area (Å²) in [5.74, 6) is 0. The van der Waals surface area contributed by atoms with E-state index in [1.807, 2.05) is 20.8 Å². The summed E-state index contributed by atoms with van der Waals surface area (Å²) in [6, 6.07) is -0.0140. The van der Waals surface area contributed by atoms with E-state index in [2.05, 4.69) is 0 Å². The number of hydrogen-bond acceptors (Lipinski definition) is 3. The third kappa shape index (κ3) is 2.37. The van der Waals surface area contributed by atoms with Crippen LogP contribution in [0.1, 0.15) is 20.8 Å². The number of aliphatic hydroxyl groups excluding tert-OH is 1. The molecule has 0 aromatic rings. The molecule has 1 atom stereocenters. The molecule has 1 fully saturated rings. The average molecular weight is 173 g/mol. The number of rotatable bonds is 1. The van der Waals surface area contributed by atoms with Crippen LogP contribution in [0.5, 0.6) is 0 Å². The molecular formula is C8H15NO3. The lowest BCUT2D eigenvalue weighted by atomic mass is 10.2. The first-order chi connectivity index (χ1) is 5.44. The summed E-state index contributed by atoms with van der Waals surface area (Å²) in [5, 5.41) is 8.67. The SMILES string of the molecule is CC(C)(C)OC(=O)N1C[C@@H]1CO. The van der Waals surface area contributed by atoms with E-state index < -0.39 is 5.60 Å². The Labute approximate surface area is 72.1 Å². The summed E-state index contributed by atoms with van der Waals surface area (Å²) >= 11 is 0. The standard InChI is InChI=1S/C8H15NO3/c1-8(2,3)12-7(11)9-4-6(9)5-10/h6,10H,4-5H2,1-3H3/t6-,9?/m1/s1. The summed E-state index contributed by atoms with van der Waals surface area (Å²) in [6.45, 7) is 6.11. The minimum Gasteiger partial charge on any atom is -0.444 e. The molecule has 1 saturated heterocycles. The first kappa shape index (κ1) is 9.32. The van der Waals surface area contributed by atoms with E-state index in [-0.39, 0.29) is 18.7 Å². The maximum Gasteiger partial charge on any atom is 0.410 e. The molecule has 0 aromatic heterocycles. The molecule has 1 heterocycles. The highest BCUT2D eigenvalue weighted by atomic mass is 16.6. The number of aliphatic hydroxyl groups is 1. The molecule has 0 bridgehead atoms. The molecule has 1 rings (SSSR count).